The number of nitrogens with zero attached hydrogens (tertiary/aromatic N) is 1. The van der Waals surface area contributed by atoms with Crippen molar-refractivity contribution < 1.29 is 18.0 Å². The first kappa shape index (κ1) is 25.4. The molecule has 1 heterocycles. The zero-order valence-electron chi connectivity index (χ0n) is 21.5. The number of rotatable bonds is 9. The predicted octanol–water partition coefficient (Wildman–Crippen LogP) is 4.71. The van der Waals surface area contributed by atoms with E-state index in [2.05, 4.69) is 19.3 Å². The lowest BCUT2D eigenvalue weighted by Crippen LogP contribution is -2.51. The molecule has 2 aliphatic carbocycles. The second-order valence-corrected chi connectivity index (χ2v) is 13.3. The molecule has 6 nitrogen and oxygen atoms in total. The zero-order chi connectivity index (χ0) is 25.6. The highest BCUT2D eigenvalue weighted by molar-refractivity contribution is 7.90. The van der Waals surface area contributed by atoms with Crippen LogP contribution >= 0.6 is 0 Å². The minimum Gasteiger partial charge on any atom is -0.297 e. The third-order valence-electron chi connectivity index (χ3n) is 9.49. The summed E-state index contributed by atoms with van der Waals surface area (Å²) in [6.45, 7) is 6.80. The number of nitrogens with one attached hydrogen (secondary N) is 1. The summed E-state index contributed by atoms with van der Waals surface area (Å²) in [5, 5.41) is 0. The Morgan fingerprint density at radius 1 is 1.08 bits per heavy atom. The number of sulfonamides is 1. The van der Waals surface area contributed by atoms with Crippen molar-refractivity contribution in [2.45, 2.75) is 71.6 Å². The number of amides is 1. The molecule has 1 amide bonds. The number of hydrogen-bond donors (Lipinski definition) is 1. The van der Waals surface area contributed by atoms with E-state index < -0.39 is 15.9 Å². The SMILES string of the molecule is CC[C@H](NOCc1ccccc1)[C@@H](Cc1ccccc1)C(=O)N1[C@@H]2C[C@H]3CC[C@]2(CS1(=O)=O)C3(C)C. The van der Waals surface area contributed by atoms with Crippen molar-refractivity contribution in [2.75, 3.05) is 5.75 Å². The lowest BCUT2D eigenvalue weighted by atomic mass is 9.69. The van der Waals surface area contributed by atoms with Gasteiger partial charge in [-0.15, -0.1) is 0 Å². The average Bonchev–Trinajstić information content (AvgIpc) is 3.34. The fourth-order valence-electron chi connectivity index (χ4n) is 7.27. The first-order valence-electron chi connectivity index (χ1n) is 13.2. The van der Waals surface area contributed by atoms with Crippen LogP contribution in [0.5, 0.6) is 0 Å². The van der Waals surface area contributed by atoms with E-state index in [4.69, 9.17) is 4.84 Å². The monoisotopic (exact) mass is 510 g/mol. The number of carbonyl (C=O) groups excluding carboxylic acids is 1. The van der Waals surface area contributed by atoms with E-state index in [9.17, 15) is 13.2 Å². The van der Waals surface area contributed by atoms with Crippen LogP contribution in [0.1, 0.15) is 57.6 Å². The van der Waals surface area contributed by atoms with Gasteiger partial charge in [0.05, 0.1) is 24.3 Å². The van der Waals surface area contributed by atoms with Gasteiger partial charge in [-0.25, -0.2) is 12.7 Å². The third kappa shape index (κ3) is 4.19. The highest BCUT2D eigenvalue weighted by Crippen LogP contribution is 2.70. The van der Waals surface area contributed by atoms with Gasteiger partial charge in [0.1, 0.15) is 0 Å². The van der Waals surface area contributed by atoms with Crippen molar-refractivity contribution in [3.05, 3.63) is 71.8 Å². The van der Waals surface area contributed by atoms with Crippen LogP contribution in [0.15, 0.2) is 60.7 Å². The highest BCUT2D eigenvalue weighted by Gasteiger charge is 2.72. The summed E-state index contributed by atoms with van der Waals surface area (Å²) in [4.78, 5) is 20.1. The topological polar surface area (TPSA) is 75.7 Å². The molecule has 1 saturated heterocycles. The van der Waals surface area contributed by atoms with Crippen LogP contribution in [-0.4, -0.2) is 36.5 Å². The molecular formula is C29H38N2O4S. The minimum absolute atomic E-state index is 0.0735. The van der Waals surface area contributed by atoms with Gasteiger partial charge in [0, 0.05) is 11.5 Å². The zero-order valence-corrected chi connectivity index (χ0v) is 22.3. The minimum atomic E-state index is -3.69. The number of fused-ring (bicyclic) bond motifs is 1. The Morgan fingerprint density at radius 2 is 1.72 bits per heavy atom. The Bertz CT molecular complexity index is 1180. The molecule has 2 saturated carbocycles. The number of carbonyl (C=O) groups is 1. The quantitative estimate of drug-likeness (QED) is 0.495. The van der Waals surface area contributed by atoms with Gasteiger partial charge >= 0.3 is 0 Å². The highest BCUT2D eigenvalue weighted by atomic mass is 32.2. The van der Waals surface area contributed by atoms with Gasteiger partial charge in [-0.05, 0) is 54.6 Å². The summed E-state index contributed by atoms with van der Waals surface area (Å²) in [5.41, 5.74) is 4.77. The van der Waals surface area contributed by atoms with E-state index in [0.29, 0.717) is 25.4 Å². The summed E-state index contributed by atoms with van der Waals surface area (Å²) in [7, 11) is -3.69. The molecule has 5 atom stereocenters. The largest absolute Gasteiger partial charge is 0.297 e. The van der Waals surface area contributed by atoms with Crippen molar-refractivity contribution >= 4 is 15.9 Å². The van der Waals surface area contributed by atoms with Gasteiger partial charge in [-0.1, -0.05) is 81.4 Å². The first-order valence-corrected chi connectivity index (χ1v) is 14.8. The summed E-state index contributed by atoms with van der Waals surface area (Å²) in [6, 6.07) is 19.2. The van der Waals surface area contributed by atoms with Gasteiger partial charge in [-0.3, -0.25) is 9.63 Å². The number of hydroxylamine groups is 1. The molecule has 0 unspecified atom stereocenters. The van der Waals surface area contributed by atoms with Crippen molar-refractivity contribution in [3.8, 4) is 0 Å². The molecule has 3 aliphatic rings. The van der Waals surface area contributed by atoms with Crippen molar-refractivity contribution in [1.29, 1.82) is 0 Å². The maximum Gasteiger partial charge on any atom is 0.241 e. The standard InChI is InChI=1S/C29H38N2O4S/c1-4-25(30-35-19-22-13-9-6-10-14-22)24(17-21-11-7-5-8-12-21)27(32)31-26-18-23-15-16-29(26,28(23,2)3)20-36(31,33)34/h5-14,23-26,30H,4,15-20H2,1-3H3/t23-,24-,25+,26-,29-/m1/s1. The molecule has 194 valence electrons. The third-order valence-corrected chi connectivity index (χ3v) is 11.4. The molecule has 5 rings (SSSR count). The van der Waals surface area contributed by atoms with Crippen molar-refractivity contribution in [2.24, 2.45) is 22.7 Å². The molecule has 1 spiro atoms. The normalized spacial score (nSPS) is 29.1. The molecule has 0 aromatic heterocycles. The second-order valence-electron chi connectivity index (χ2n) is 11.5. The predicted molar refractivity (Wildman–Crippen MR) is 140 cm³/mol. The molecule has 2 bridgehead atoms. The van der Waals surface area contributed by atoms with E-state index >= 15 is 0 Å². The summed E-state index contributed by atoms with van der Waals surface area (Å²) >= 11 is 0. The number of hydrogen-bond acceptors (Lipinski definition) is 5. The fraction of sp³-hybridized carbons (Fsp3) is 0.552. The molecule has 2 aromatic rings. The molecular weight excluding hydrogens is 472 g/mol. The second kappa shape index (κ2) is 9.58. The van der Waals surface area contributed by atoms with E-state index in [0.717, 1.165) is 30.4 Å². The Balaban J connectivity index is 1.42. The molecule has 1 N–H and O–H groups in total. The smallest absolute Gasteiger partial charge is 0.241 e. The van der Waals surface area contributed by atoms with Crippen molar-refractivity contribution in [3.63, 3.8) is 0 Å². The maximum absolute atomic E-state index is 14.3. The molecule has 2 aromatic carbocycles. The molecule has 7 heteroatoms. The number of benzene rings is 2. The molecule has 1 aliphatic heterocycles. The van der Waals surface area contributed by atoms with Crippen LogP contribution in [0.3, 0.4) is 0 Å². The Kier molecular flexibility index (Phi) is 6.77. The van der Waals surface area contributed by atoms with E-state index in [1.54, 1.807) is 0 Å². The lowest BCUT2D eigenvalue weighted by Gasteiger charge is -2.38. The Hall–Kier alpha value is -2.22. The van der Waals surface area contributed by atoms with E-state index in [1.807, 2.05) is 67.6 Å². The lowest BCUT2D eigenvalue weighted by molar-refractivity contribution is -0.136. The van der Waals surface area contributed by atoms with E-state index in [1.165, 1.54) is 4.31 Å². The molecule has 0 radical (unpaired) electrons. The maximum atomic E-state index is 14.3. The van der Waals surface area contributed by atoms with Crippen LogP contribution in [0, 0.1) is 22.7 Å². The average molecular weight is 511 g/mol. The fourth-order valence-corrected chi connectivity index (χ4v) is 9.85. The van der Waals surface area contributed by atoms with Gasteiger partial charge in [-0.2, -0.15) is 5.48 Å². The van der Waals surface area contributed by atoms with E-state index in [-0.39, 0.29) is 34.6 Å². The van der Waals surface area contributed by atoms with Gasteiger partial charge in [0.25, 0.3) is 0 Å². The van der Waals surface area contributed by atoms with Crippen LogP contribution in [-0.2, 0) is 32.7 Å². The molecule has 36 heavy (non-hydrogen) atoms. The summed E-state index contributed by atoms with van der Waals surface area (Å²) in [5.74, 6) is -0.283. The van der Waals surface area contributed by atoms with Gasteiger partial charge < -0.3 is 0 Å². The van der Waals surface area contributed by atoms with Crippen LogP contribution in [0.4, 0.5) is 0 Å². The summed E-state index contributed by atoms with van der Waals surface area (Å²) < 4.78 is 28.5. The van der Waals surface area contributed by atoms with Crippen LogP contribution in [0.2, 0.25) is 0 Å². The van der Waals surface area contributed by atoms with Gasteiger partial charge in [0.2, 0.25) is 15.9 Å². The summed E-state index contributed by atoms with van der Waals surface area (Å²) in [6.07, 6.45) is 3.82. The van der Waals surface area contributed by atoms with Gasteiger partial charge in [0.15, 0.2) is 0 Å². The Labute approximate surface area is 215 Å². The first-order chi connectivity index (χ1) is 17.2. The Morgan fingerprint density at radius 3 is 2.33 bits per heavy atom. The molecule has 3 fully saturated rings. The van der Waals surface area contributed by atoms with Crippen LogP contribution < -0.4 is 5.48 Å². The van der Waals surface area contributed by atoms with Crippen molar-refractivity contribution in [1.82, 2.24) is 9.79 Å². The van der Waals surface area contributed by atoms with Crippen LogP contribution in [0.25, 0.3) is 0 Å².